The molecule has 6 aliphatic heterocycles. The van der Waals surface area contributed by atoms with Crippen LogP contribution in [0.5, 0.6) is 0 Å². The molecule has 9 unspecified atom stereocenters. The standard InChI is InChI=1S/3C21H19F3N6O/c3*22-21(23,24)19-12-25-14(11-26-19)9-13-10-15-5-6-17(13)29(15)20(31)16-3-1-2-4-18(16)30-27-7-8-28-30/h3*1-4,7-8,11-13,15,17H,5-6,9-10H2. The van der Waals surface area contributed by atoms with Crippen LogP contribution in [0.3, 0.4) is 0 Å². The molecular weight excluding hydrogens is 1230 g/mol. The molecule has 6 bridgehead atoms. The van der Waals surface area contributed by atoms with Gasteiger partial charge in [-0.05, 0) is 131 Å². The van der Waals surface area contributed by atoms with Crippen LogP contribution in [-0.4, -0.2) is 144 Å². The fourth-order valence-electron chi connectivity index (χ4n) is 14.5. The Balaban J connectivity index is 0.000000127. The minimum absolute atomic E-state index is 0.0280. The zero-order chi connectivity index (χ0) is 64.8. The first-order chi connectivity index (χ1) is 44.7. The van der Waals surface area contributed by atoms with Gasteiger partial charge in [0.1, 0.15) is 0 Å². The van der Waals surface area contributed by atoms with Crippen molar-refractivity contribution < 1.29 is 53.9 Å². The van der Waals surface area contributed by atoms with E-state index in [2.05, 4.69) is 60.5 Å². The Morgan fingerprint density at radius 2 is 0.613 bits per heavy atom. The molecule has 6 fully saturated rings. The number of aromatic nitrogens is 15. The zero-order valence-corrected chi connectivity index (χ0v) is 49.2. The SMILES string of the molecule is O=C(c1ccccc1-n1nccn1)N1C2CCC1C(Cc1cnc(C(F)(F)F)cn1)C2.O=C(c1ccccc1-n1nccn1)N1C2CCC1C(Cc1cnc(C(F)(F)F)cn1)C2.O=C(c1ccccc1-n1nccn1)N1C2CCC1C(Cc1cnc(C(F)(F)F)cn1)C2. The summed E-state index contributed by atoms with van der Waals surface area (Å²) in [6, 6.07) is 22.1. The molecule has 93 heavy (non-hydrogen) atoms. The van der Waals surface area contributed by atoms with Gasteiger partial charge in [-0.3, -0.25) is 29.3 Å². The number of carbonyl (C=O) groups excluding carboxylic acids is 3. The second-order valence-corrected chi connectivity index (χ2v) is 23.8. The molecule has 6 saturated heterocycles. The molecule has 9 aromatic rings. The molecule has 30 heteroatoms. The molecule has 6 aliphatic rings. The molecule has 15 rings (SSSR count). The van der Waals surface area contributed by atoms with E-state index in [9.17, 15) is 53.9 Å². The Labute approximate surface area is 524 Å². The van der Waals surface area contributed by atoms with E-state index in [4.69, 9.17) is 0 Å². The predicted molar refractivity (Wildman–Crippen MR) is 310 cm³/mol. The summed E-state index contributed by atoms with van der Waals surface area (Å²) in [7, 11) is 0. The highest BCUT2D eigenvalue weighted by Gasteiger charge is 2.52. The van der Waals surface area contributed by atoms with Gasteiger partial charge in [0.25, 0.3) is 17.7 Å². The predicted octanol–water partition coefficient (Wildman–Crippen LogP) is 9.94. The smallest absolute Gasteiger partial charge is 0.332 e. The van der Waals surface area contributed by atoms with E-state index < -0.39 is 35.6 Å². The van der Waals surface area contributed by atoms with Crippen molar-refractivity contribution in [1.82, 2.24) is 89.6 Å². The van der Waals surface area contributed by atoms with E-state index >= 15 is 0 Å². The highest BCUT2D eigenvalue weighted by Crippen LogP contribution is 2.47. The molecule has 3 amide bonds. The van der Waals surface area contributed by atoms with Gasteiger partial charge in [-0.1, -0.05) is 36.4 Å². The molecule has 3 aromatic carbocycles. The second kappa shape index (κ2) is 25.3. The zero-order valence-electron chi connectivity index (χ0n) is 49.2. The van der Waals surface area contributed by atoms with Crippen LogP contribution >= 0.6 is 0 Å². The van der Waals surface area contributed by atoms with Crippen molar-refractivity contribution in [3.05, 3.63) is 198 Å². The first-order valence-electron chi connectivity index (χ1n) is 30.2. The summed E-state index contributed by atoms with van der Waals surface area (Å²) in [6.07, 6.45) is 11.1. The van der Waals surface area contributed by atoms with Crippen molar-refractivity contribution in [3.63, 3.8) is 0 Å². The maximum atomic E-state index is 13.5. The summed E-state index contributed by atoms with van der Waals surface area (Å²) in [5, 5.41) is 24.9. The number of alkyl halides is 9. The molecular formula is C63H57F9N18O3. The minimum atomic E-state index is -4.50. The molecule has 0 saturated carbocycles. The summed E-state index contributed by atoms with van der Waals surface area (Å²) in [5.74, 6) is 0.223. The van der Waals surface area contributed by atoms with Crippen LogP contribution in [0, 0.1) is 17.8 Å². The van der Waals surface area contributed by atoms with Crippen LogP contribution in [0.4, 0.5) is 39.5 Å². The van der Waals surface area contributed by atoms with Gasteiger partial charge in [-0.15, -0.1) is 0 Å². The third-order valence-corrected chi connectivity index (χ3v) is 18.4. The average Bonchev–Trinajstić information content (AvgIpc) is 1.64. The normalized spacial score (nSPS) is 22.8. The number of hydrogen-bond acceptors (Lipinski definition) is 15. The van der Waals surface area contributed by atoms with E-state index in [0.717, 1.165) is 76.4 Å². The number of halogens is 9. The van der Waals surface area contributed by atoms with Crippen LogP contribution in [0.15, 0.2) is 147 Å². The van der Waals surface area contributed by atoms with Gasteiger partial charge in [0.2, 0.25) is 0 Å². The van der Waals surface area contributed by atoms with Gasteiger partial charge >= 0.3 is 18.5 Å². The fourth-order valence-corrected chi connectivity index (χ4v) is 14.5. The lowest BCUT2D eigenvalue weighted by Crippen LogP contribution is -2.37. The lowest BCUT2D eigenvalue weighted by atomic mass is 9.86. The van der Waals surface area contributed by atoms with Crippen molar-refractivity contribution in [3.8, 4) is 17.1 Å². The summed E-state index contributed by atoms with van der Waals surface area (Å²) in [5.41, 5.74) is 2.01. The second-order valence-electron chi connectivity index (χ2n) is 23.8. The van der Waals surface area contributed by atoms with Gasteiger partial charge in [0.15, 0.2) is 17.1 Å². The summed E-state index contributed by atoms with van der Waals surface area (Å²) >= 11 is 0. The van der Waals surface area contributed by atoms with Gasteiger partial charge < -0.3 is 14.7 Å². The molecule has 0 aliphatic carbocycles. The lowest BCUT2D eigenvalue weighted by Gasteiger charge is -2.25. The van der Waals surface area contributed by atoms with E-state index in [1.165, 1.54) is 33.0 Å². The number of amides is 3. The Morgan fingerprint density at radius 1 is 0.355 bits per heavy atom. The van der Waals surface area contributed by atoms with E-state index in [0.29, 0.717) is 70.1 Å². The molecule has 480 valence electrons. The number of benzene rings is 3. The van der Waals surface area contributed by atoms with Crippen LogP contribution < -0.4 is 0 Å². The largest absolute Gasteiger partial charge is 0.434 e. The van der Waals surface area contributed by atoms with Crippen LogP contribution in [0.2, 0.25) is 0 Å². The number of rotatable bonds is 12. The van der Waals surface area contributed by atoms with E-state index in [-0.39, 0.29) is 71.7 Å². The monoisotopic (exact) mass is 1280 g/mol. The number of hydrogen-bond donors (Lipinski definition) is 0. The maximum Gasteiger partial charge on any atom is 0.434 e. The third kappa shape index (κ3) is 12.8. The average molecular weight is 1290 g/mol. The number of fused-ring (bicyclic) bond motifs is 6. The lowest BCUT2D eigenvalue weighted by molar-refractivity contribution is -0.142. The highest BCUT2D eigenvalue weighted by molar-refractivity contribution is 6.00. The number of para-hydroxylation sites is 3. The van der Waals surface area contributed by atoms with Crippen molar-refractivity contribution in [2.45, 2.75) is 132 Å². The molecule has 0 radical (unpaired) electrons. The Kier molecular flexibility index (Phi) is 16.8. The number of carbonyl (C=O) groups is 3. The molecule has 9 atom stereocenters. The van der Waals surface area contributed by atoms with Crippen molar-refractivity contribution in [2.24, 2.45) is 17.8 Å². The van der Waals surface area contributed by atoms with Crippen molar-refractivity contribution in [2.75, 3.05) is 0 Å². The minimum Gasteiger partial charge on any atom is -0.332 e. The summed E-state index contributed by atoms with van der Waals surface area (Å²) < 4.78 is 115. The first kappa shape index (κ1) is 61.9. The highest BCUT2D eigenvalue weighted by atomic mass is 19.4. The molecule has 0 spiro atoms. The number of nitrogens with zero attached hydrogens (tertiary/aromatic N) is 18. The van der Waals surface area contributed by atoms with E-state index in [1.54, 1.807) is 73.6 Å². The van der Waals surface area contributed by atoms with E-state index in [1.807, 2.05) is 51.1 Å². The Bertz CT molecular complexity index is 3670. The van der Waals surface area contributed by atoms with Gasteiger partial charge in [0, 0.05) is 54.8 Å². The van der Waals surface area contributed by atoms with Crippen molar-refractivity contribution in [1.29, 1.82) is 0 Å². The third-order valence-electron chi connectivity index (χ3n) is 18.4. The van der Waals surface area contributed by atoms with Crippen molar-refractivity contribution >= 4 is 17.7 Å². The topological polar surface area (TPSA) is 230 Å². The quantitative estimate of drug-likeness (QED) is 0.104. The van der Waals surface area contributed by atoms with Crippen LogP contribution in [0.25, 0.3) is 17.1 Å². The molecule has 0 N–H and O–H groups in total. The Morgan fingerprint density at radius 3 is 0.849 bits per heavy atom. The Hall–Kier alpha value is -9.90. The van der Waals surface area contributed by atoms with Crippen LogP contribution in [0.1, 0.15) is 123 Å². The molecule has 6 aromatic heterocycles. The molecule has 21 nitrogen and oxygen atoms in total. The molecule has 12 heterocycles. The fraction of sp³-hybridized carbons (Fsp3) is 0.381. The summed E-state index contributed by atoms with van der Waals surface area (Å²) in [6.45, 7) is 0. The maximum absolute atomic E-state index is 13.5. The van der Waals surface area contributed by atoms with Gasteiger partial charge in [-0.25, -0.2) is 15.0 Å². The first-order valence-corrected chi connectivity index (χ1v) is 30.2. The van der Waals surface area contributed by atoms with Crippen LogP contribution in [-0.2, 0) is 37.8 Å². The van der Waals surface area contributed by atoms with Gasteiger partial charge in [-0.2, -0.15) is 84.5 Å². The summed E-state index contributed by atoms with van der Waals surface area (Å²) in [4.78, 5) is 73.0. The van der Waals surface area contributed by atoms with Gasteiger partial charge in [0.05, 0.1) is 107 Å².